The molecule has 0 heterocycles. The van der Waals surface area contributed by atoms with Gasteiger partial charge in [0.2, 0.25) is 0 Å². The largest absolute Gasteiger partial charge is 0.0880 e. The predicted octanol–water partition coefficient (Wildman–Crippen LogP) is 4.17. The molecule has 0 aromatic rings. The van der Waals surface area contributed by atoms with Gasteiger partial charge < -0.3 is 0 Å². The zero-order valence-electron chi connectivity index (χ0n) is 8.77. The topological polar surface area (TPSA) is 0 Å². The Morgan fingerprint density at radius 1 is 1.42 bits per heavy atom. The molecule has 0 saturated heterocycles. The van der Waals surface area contributed by atoms with Crippen LogP contribution >= 0.6 is 0 Å². The molecule has 1 rings (SSSR count). The van der Waals surface area contributed by atoms with E-state index in [1.54, 1.807) is 0 Å². The molecule has 0 fully saturated rings. The zero-order chi connectivity index (χ0) is 9.03. The van der Waals surface area contributed by atoms with Crippen LogP contribution in [0.2, 0.25) is 0 Å². The van der Waals surface area contributed by atoms with E-state index in [1.807, 2.05) is 0 Å². The minimum atomic E-state index is 0.491. The second kappa shape index (κ2) is 4.11. The summed E-state index contributed by atoms with van der Waals surface area (Å²) in [7, 11) is 0. The average molecular weight is 166 g/mol. The summed E-state index contributed by atoms with van der Waals surface area (Å²) in [4.78, 5) is 0. The van der Waals surface area contributed by atoms with Crippen LogP contribution in [0.3, 0.4) is 0 Å². The molecule has 0 N–H and O–H groups in total. The van der Waals surface area contributed by atoms with Crippen molar-refractivity contribution in [3.63, 3.8) is 0 Å². The van der Waals surface area contributed by atoms with E-state index in [0.29, 0.717) is 5.41 Å². The first kappa shape index (κ1) is 9.83. The highest BCUT2D eigenvalue weighted by Gasteiger charge is 2.27. The lowest BCUT2D eigenvalue weighted by atomic mass is 9.74. The molecule has 70 valence electrons. The molecule has 1 aliphatic rings. The van der Waals surface area contributed by atoms with Gasteiger partial charge in [-0.3, -0.25) is 0 Å². The Balaban J connectivity index is 2.65. The first-order valence-corrected chi connectivity index (χ1v) is 5.37. The van der Waals surface area contributed by atoms with Crippen LogP contribution in [0.25, 0.3) is 0 Å². The van der Waals surface area contributed by atoms with E-state index in [9.17, 15) is 0 Å². The van der Waals surface area contributed by atoms with Gasteiger partial charge in [0.1, 0.15) is 0 Å². The molecule has 0 saturated carbocycles. The van der Waals surface area contributed by atoms with E-state index < -0.39 is 0 Å². The van der Waals surface area contributed by atoms with Gasteiger partial charge in [-0.05, 0) is 30.6 Å². The van der Waals surface area contributed by atoms with Gasteiger partial charge in [-0.15, -0.1) is 0 Å². The molecule has 0 bridgehead atoms. The van der Waals surface area contributed by atoms with Crippen molar-refractivity contribution in [3.8, 4) is 0 Å². The third kappa shape index (κ3) is 2.12. The molecule has 0 nitrogen and oxygen atoms in total. The Morgan fingerprint density at radius 3 is 2.83 bits per heavy atom. The van der Waals surface area contributed by atoms with E-state index in [1.165, 1.54) is 32.1 Å². The van der Waals surface area contributed by atoms with E-state index in [4.69, 9.17) is 0 Å². The normalized spacial score (nSPS) is 32.9. The van der Waals surface area contributed by atoms with Gasteiger partial charge in [-0.25, -0.2) is 0 Å². The zero-order valence-corrected chi connectivity index (χ0v) is 8.77. The number of hydrogen-bond acceptors (Lipinski definition) is 0. The number of hydrogen-bond donors (Lipinski definition) is 0. The molecule has 2 atom stereocenters. The number of allylic oxidation sites excluding steroid dienone is 2. The Labute approximate surface area is 77.1 Å². The minimum Gasteiger partial charge on any atom is -0.0880 e. The maximum atomic E-state index is 2.47. The van der Waals surface area contributed by atoms with Crippen molar-refractivity contribution >= 4 is 0 Å². The van der Waals surface area contributed by atoms with Crippen molar-refractivity contribution < 1.29 is 0 Å². The summed E-state index contributed by atoms with van der Waals surface area (Å²) in [6.45, 7) is 7.10. The summed E-state index contributed by atoms with van der Waals surface area (Å²) in [5.41, 5.74) is 0.491. The van der Waals surface area contributed by atoms with Crippen molar-refractivity contribution in [2.24, 2.45) is 11.3 Å². The van der Waals surface area contributed by atoms with E-state index in [-0.39, 0.29) is 0 Å². The first-order chi connectivity index (χ1) is 5.69. The highest BCUT2D eigenvalue weighted by atomic mass is 14.3. The van der Waals surface area contributed by atoms with E-state index in [2.05, 4.69) is 32.9 Å². The maximum Gasteiger partial charge on any atom is -0.0121 e. The van der Waals surface area contributed by atoms with Gasteiger partial charge in [0.05, 0.1) is 0 Å². The minimum absolute atomic E-state index is 0.491. The van der Waals surface area contributed by atoms with Gasteiger partial charge in [0, 0.05) is 0 Å². The van der Waals surface area contributed by atoms with Gasteiger partial charge in [-0.2, -0.15) is 0 Å². The highest BCUT2D eigenvalue weighted by molar-refractivity contribution is 5.01. The summed E-state index contributed by atoms with van der Waals surface area (Å²) < 4.78 is 0. The van der Waals surface area contributed by atoms with Crippen molar-refractivity contribution in [3.05, 3.63) is 12.2 Å². The third-order valence-corrected chi connectivity index (χ3v) is 3.57. The monoisotopic (exact) mass is 166 g/mol. The van der Waals surface area contributed by atoms with Crippen LogP contribution in [0.1, 0.15) is 52.9 Å². The van der Waals surface area contributed by atoms with Crippen LogP contribution in [0.5, 0.6) is 0 Å². The fraction of sp³-hybridized carbons (Fsp3) is 0.833. The Morgan fingerprint density at radius 2 is 2.17 bits per heavy atom. The molecule has 0 aliphatic heterocycles. The summed E-state index contributed by atoms with van der Waals surface area (Å²) in [5, 5.41) is 0. The fourth-order valence-corrected chi connectivity index (χ4v) is 2.08. The lowest BCUT2D eigenvalue weighted by Crippen LogP contribution is -2.21. The van der Waals surface area contributed by atoms with Crippen molar-refractivity contribution in [1.82, 2.24) is 0 Å². The van der Waals surface area contributed by atoms with Crippen LogP contribution in [0.4, 0.5) is 0 Å². The maximum absolute atomic E-state index is 2.47. The quantitative estimate of drug-likeness (QED) is 0.540. The Bertz CT molecular complexity index is 157. The summed E-state index contributed by atoms with van der Waals surface area (Å²) >= 11 is 0. The molecule has 0 aromatic carbocycles. The smallest absolute Gasteiger partial charge is 0.0121 e. The third-order valence-electron chi connectivity index (χ3n) is 3.57. The van der Waals surface area contributed by atoms with Crippen LogP contribution < -0.4 is 0 Å². The van der Waals surface area contributed by atoms with Crippen molar-refractivity contribution in [2.75, 3.05) is 0 Å². The van der Waals surface area contributed by atoms with Gasteiger partial charge >= 0.3 is 0 Å². The molecule has 1 aliphatic carbocycles. The summed E-state index contributed by atoms with van der Waals surface area (Å²) in [6.07, 6.45) is 11.6. The van der Waals surface area contributed by atoms with Crippen LogP contribution in [0.15, 0.2) is 12.2 Å². The molecule has 0 radical (unpaired) electrons. The second-order valence-corrected chi connectivity index (χ2v) is 4.46. The van der Waals surface area contributed by atoms with Crippen molar-refractivity contribution in [1.29, 1.82) is 0 Å². The SMILES string of the molecule is CCC(C)C1(C)C=CCCCC1. The second-order valence-electron chi connectivity index (χ2n) is 4.46. The lowest BCUT2D eigenvalue weighted by Gasteiger charge is -2.31. The molecule has 12 heavy (non-hydrogen) atoms. The van der Waals surface area contributed by atoms with Crippen LogP contribution in [-0.4, -0.2) is 0 Å². The van der Waals surface area contributed by atoms with Gasteiger partial charge in [0.15, 0.2) is 0 Å². The Hall–Kier alpha value is -0.260. The molecule has 0 amide bonds. The molecule has 0 aromatic heterocycles. The highest BCUT2D eigenvalue weighted by Crippen LogP contribution is 2.38. The molecular formula is C12H22. The van der Waals surface area contributed by atoms with Crippen molar-refractivity contribution in [2.45, 2.75) is 52.9 Å². The average Bonchev–Trinajstić information content (AvgIpc) is 2.29. The molecule has 0 spiro atoms. The fourth-order valence-electron chi connectivity index (χ4n) is 2.08. The first-order valence-electron chi connectivity index (χ1n) is 5.37. The molecular weight excluding hydrogens is 144 g/mol. The predicted molar refractivity (Wildman–Crippen MR) is 55.2 cm³/mol. The summed E-state index contributed by atoms with van der Waals surface area (Å²) in [5.74, 6) is 0.840. The Kier molecular flexibility index (Phi) is 3.37. The van der Waals surface area contributed by atoms with Crippen LogP contribution in [-0.2, 0) is 0 Å². The standard InChI is InChI=1S/C12H22/c1-4-11(2)12(3)9-7-5-6-8-10-12/h7,9,11H,4-6,8,10H2,1-3H3. The molecule has 0 heteroatoms. The van der Waals surface area contributed by atoms with Gasteiger partial charge in [-0.1, -0.05) is 45.8 Å². The lowest BCUT2D eigenvalue weighted by molar-refractivity contribution is 0.245. The van der Waals surface area contributed by atoms with Crippen LogP contribution in [0, 0.1) is 11.3 Å². The summed E-state index contributed by atoms with van der Waals surface area (Å²) in [6, 6.07) is 0. The van der Waals surface area contributed by atoms with E-state index >= 15 is 0 Å². The van der Waals surface area contributed by atoms with E-state index in [0.717, 1.165) is 5.92 Å². The van der Waals surface area contributed by atoms with Gasteiger partial charge in [0.25, 0.3) is 0 Å². The number of rotatable bonds is 2. The molecule has 2 unspecified atom stereocenters.